The molecule has 1 aliphatic rings. The largest absolute Gasteiger partial charge is 0.337 e. The van der Waals surface area contributed by atoms with Gasteiger partial charge >= 0.3 is 0 Å². The Morgan fingerprint density at radius 1 is 1.30 bits per heavy atom. The second kappa shape index (κ2) is 5.62. The van der Waals surface area contributed by atoms with Gasteiger partial charge in [0.1, 0.15) is 5.65 Å². The van der Waals surface area contributed by atoms with Gasteiger partial charge in [0.2, 0.25) is 5.91 Å². The number of thiophene rings is 1. The molecule has 1 amide bonds. The van der Waals surface area contributed by atoms with E-state index in [9.17, 15) is 9.59 Å². The SMILES string of the molecule is O=C(Cc1ccsc1)N1CCc2nc3ccccn3c(=O)c2C1. The highest BCUT2D eigenvalue weighted by Gasteiger charge is 2.24. The van der Waals surface area contributed by atoms with Crippen LogP contribution in [-0.4, -0.2) is 26.7 Å². The Hall–Kier alpha value is -2.47. The molecule has 5 nitrogen and oxygen atoms in total. The van der Waals surface area contributed by atoms with Crippen LogP contribution in [0.15, 0.2) is 46.0 Å². The number of amides is 1. The molecule has 0 radical (unpaired) electrons. The summed E-state index contributed by atoms with van der Waals surface area (Å²) in [6.07, 6.45) is 2.74. The molecule has 0 unspecified atom stereocenters. The highest BCUT2D eigenvalue weighted by molar-refractivity contribution is 7.08. The van der Waals surface area contributed by atoms with Crippen molar-refractivity contribution in [1.29, 1.82) is 0 Å². The zero-order chi connectivity index (χ0) is 15.8. The minimum atomic E-state index is -0.0707. The summed E-state index contributed by atoms with van der Waals surface area (Å²) in [7, 11) is 0. The van der Waals surface area contributed by atoms with E-state index in [0.717, 1.165) is 11.3 Å². The van der Waals surface area contributed by atoms with Crippen molar-refractivity contribution in [3.8, 4) is 0 Å². The van der Waals surface area contributed by atoms with Crippen molar-refractivity contribution in [3.63, 3.8) is 0 Å². The second-order valence-corrected chi connectivity index (χ2v) is 6.42. The molecule has 0 spiro atoms. The smallest absolute Gasteiger partial charge is 0.263 e. The monoisotopic (exact) mass is 325 g/mol. The maximum Gasteiger partial charge on any atom is 0.263 e. The minimum Gasteiger partial charge on any atom is -0.337 e. The normalized spacial score (nSPS) is 14.0. The molecule has 23 heavy (non-hydrogen) atoms. The Morgan fingerprint density at radius 2 is 2.22 bits per heavy atom. The summed E-state index contributed by atoms with van der Waals surface area (Å²) in [5.74, 6) is 0.0617. The number of carbonyl (C=O) groups excluding carboxylic acids is 1. The highest BCUT2D eigenvalue weighted by atomic mass is 32.1. The molecule has 4 heterocycles. The molecule has 0 aromatic carbocycles. The number of pyridine rings is 1. The maximum atomic E-state index is 12.6. The number of aromatic nitrogens is 2. The van der Waals surface area contributed by atoms with E-state index >= 15 is 0 Å². The molecule has 0 N–H and O–H groups in total. The molecule has 0 fully saturated rings. The van der Waals surface area contributed by atoms with Crippen molar-refractivity contribution in [2.75, 3.05) is 6.54 Å². The third-order valence-electron chi connectivity index (χ3n) is 4.17. The molecular formula is C17H15N3O2S. The van der Waals surface area contributed by atoms with Crippen molar-refractivity contribution < 1.29 is 4.79 Å². The van der Waals surface area contributed by atoms with Gasteiger partial charge in [0.05, 0.1) is 24.2 Å². The van der Waals surface area contributed by atoms with Gasteiger partial charge in [-0.2, -0.15) is 11.3 Å². The molecular weight excluding hydrogens is 310 g/mol. The number of carbonyl (C=O) groups is 1. The average molecular weight is 325 g/mol. The lowest BCUT2D eigenvalue weighted by Gasteiger charge is -2.28. The molecule has 0 bridgehead atoms. The van der Waals surface area contributed by atoms with Gasteiger partial charge in [0.25, 0.3) is 5.56 Å². The topological polar surface area (TPSA) is 54.7 Å². The Balaban J connectivity index is 1.65. The van der Waals surface area contributed by atoms with Crippen LogP contribution in [-0.2, 0) is 24.2 Å². The molecule has 3 aromatic heterocycles. The van der Waals surface area contributed by atoms with Crippen LogP contribution in [0.25, 0.3) is 5.65 Å². The first kappa shape index (κ1) is 14.1. The van der Waals surface area contributed by atoms with Gasteiger partial charge in [-0.1, -0.05) is 6.07 Å². The number of hydrogen-bond acceptors (Lipinski definition) is 4. The lowest BCUT2D eigenvalue weighted by atomic mass is 10.1. The Morgan fingerprint density at radius 3 is 3.04 bits per heavy atom. The van der Waals surface area contributed by atoms with Crippen LogP contribution in [0.2, 0.25) is 0 Å². The van der Waals surface area contributed by atoms with Gasteiger partial charge in [0.15, 0.2) is 0 Å². The average Bonchev–Trinajstić information content (AvgIpc) is 3.08. The van der Waals surface area contributed by atoms with Crippen molar-refractivity contribution in [3.05, 3.63) is 68.4 Å². The van der Waals surface area contributed by atoms with Crippen LogP contribution < -0.4 is 5.56 Å². The van der Waals surface area contributed by atoms with E-state index in [1.807, 2.05) is 35.0 Å². The summed E-state index contributed by atoms with van der Waals surface area (Å²) in [4.78, 5) is 31.4. The van der Waals surface area contributed by atoms with E-state index in [1.165, 1.54) is 0 Å². The summed E-state index contributed by atoms with van der Waals surface area (Å²) >= 11 is 1.59. The molecule has 0 atom stereocenters. The second-order valence-electron chi connectivity index (χ2n) is 5.64. The van der Waals surface area contributed by atoms with E-state index in [-0.39, 0.29) is 11.5 Å². The van der Waals surface area contributed by atoms with Crippen LogP contribution in [0.3, 0.4) is 0 Å². The minimum absolute atomic E-state index is 0.0617. The molecule has 4 rings (SSSR count). The number of hydrogen-bond donors (Lipinski definition) is 0. The first-order chi connectivity index (χ1) is 11.2. The van der Waals surface area contributed by atoms with Crippen LogP contribution >= 0.6 is 11.3 Å². The van der Waals surface area contributed by atoms with Crippen LogP contribution in [0.5, 0.6) is 0 Å². The molecule has 6 heteroatoms. The van der Waals surface area contributed by atoms with Gasteiger partial charge in [0, 0.05) is 19.2 Å². The van der Waals surface area contributed by atoms with Crippen LogP contribution in [0.4, 0.5) is 0 Å². The quantitative estimate of drug-likeness (QED) is 0.723. The predicted octanol–water partition coefficient (Wildman–Crippen LogP) is 1.88. The van der Waals surface area contributed by atoms with Gasteiger partial charge in [-0.05, 0) is 34.5 Å². The van der Waals surface area contributed by atoms with Crippen molar-refractivity contribution >= 4 is 22.9 Å². The van der Waals surface area contributed by atoms with Crippen LogP contribution in [0.1, 0.15) is 16.8 Å². The van der Waals surface area contributed by atoms with Gasteiger partial charge in [-0.25, -0.2) is 4.98 Å². The molecule has 1 aliphatic heterocycles. The zero-order valence-corrected chi connectivity index (χ0v) is 13.3. The fraction of sp³-hybridized carbons (Fsp3) is 0.235. The third kappa shape index (κ3) is 2.55. The standard InChI is InChI=1S/C17H15N3O2S/c21-16(9-12-5-8-23-11-12)19-7-4-14-13(10-19)17(22)20-6-2-1-3-15(20)18-14/h1-3,5-6,8,11H,4,7,9-10H2. The van der Waals surface area contributed by atoms with Gasteiger partial charge in [-0.15, -0.1) is 0 Å². The van der Waals surface area contributed by atoms with Crippen molar-refractivity contribution in [2.45, 2.75) is 19.4 Å². The van der Waals surface area contributed by atoms with E-state index in [4.69, 9.17) is 0 Å². The Labute approximate surface area is 136 Å². The molecule has 0 aliphatic carbocycles. The maximum absolute atomic E-state index is 12.6. The molecule has 0 saturated carbocycles. The Kier molecular flexibility index (Phi) is 3.46. The van der Waals surface area contributed by atoms with E-state index in [2.05, 4.69) is 4.98 Å². The van der Waals surface area contributed by atoms with E-state index < -0.39 is 0 Å². The van der Waals surface area contributed by atoms with E-state index in [1.54, 1.807) is 26.8 Å². The lowest BCUT2D eigenvalue weighted by molar-refractivity contribution is -0.131. The summed E-state index contributed by atoms with van der Waals surface area (Å²) in [5.41, 5.74) is 3.08. The number of fused-ring (bicyclic) bond motifs is 2. The number of nitrogens with zero attached hydrogens (tertiary/aromatic N) is 3. The lowest BCUT2D eigenvalue weighted by Crippen LogP contribution is -2.40. The first-order valence-electron chi connectivity index (χ1n) is 7.50. The Bertz CT molecular complexity index is 931. The summed E-state index contributed by atoms with van der Waals surface area (Å²) < 4.78 is 1.55. The number of rotatable bonds is 2. The van der Waals surface area contributed by atoms with Crippen LogP contribution in [0, 0.1) is 0 Å². The van der Waals surface area contributed by atoms with Crippen molar-refractivity contribution in [1.82, 2.24) is 14.3 Å². The van der Waals surface area contributed by atoms with Crippen molar-refractivity contribution in [2.24, 2.45) is 0 Å². The fourth-order valence-electron chi connectivity index (χ4n) is 2.94. The predicted molar refractivity (Wildman–Crippen MR) is 88.6 cm³/mol. The fourth-order valence-corrected chi connectivity index (χ4v) is 3.61. The zero-order valence-electron chi connectivity index (χ0n) is 12.4. The summed E-state index contributed by atoms with van der Waals surface area (Å²) in [6.45, 7) is 0.966. The molecule has 0 saturated heterocycles. The summed E-state index contributed by atoms with van der Waals surface area (Å²) in [6, 6.07) is 7.47. The first-order valence-corrected chi connectivity index (χ1v) is 8.44. The highest BCUT2D eigenvalue weighted by Crippen LogP contribution is 2.17. The van der Waals surface area contributed by atoms with E-state index in [0.29, 0.717) is 37.1 Å². The van der Waals surface area contributed by atoms with Gasteiger partial charge in [-0.3, -0.25) is 14.0 Å². The molecule has 116 valence electrons. The van der Waals surface area contributed by atoms with Gasteiger partial charge < -0.3 is 4.90 Å². The third-order valence-corrected chi connectivity index (χ3v) is 4.90. The summed E-state index contributed by atoms with van der Waals surface area (Å²) in [5, 5.41) is 3.95. The molecule has 3 aromatic rings.